The summed E-state index contributed by atoms with van der Waals surface area (Å²) in [5, 5.41) is 12.2. The van der Waals surface area contributed by atoms with Crippen molar-refractivity contribution in [3.05, 3.63) is 36.2 Å². The second kappa shape index (κ2) is 4.22. The molecule has 0 aromatic carbocycles. The first-order chi connectivity index (χ1) is 7.33. The largest absolute Gasteiger partial charge is 0.368 e. The van der Waals surface area contributed by atoms with Crippen LogP contribution >= 0.6 is 0 Å². The van der Waals surface area contributed by atoms with Gasteiger partial charge in [-0.15, -0.1) is 0 Å². The highest BCUT2D eigenvalue weighted by Gasteiger charge is 2.24. The van der Waals surface area contributed by atoms with Gasteiger partial charge in [0.25, 0.3) is 0 Å². The minimum atomic E-state index is 0.186. The van der Waals surface area contributed by atoms with Gasteiger partial charge in [-0.2, -0.15) is 5.26 Å². The Balaban J connectivity index is 2.06. The molecule has 0 aromatic rings. The summed E-state index contributed by atoms with van der Waals surface area (Å²) in [5.41, 5.74) is 1.16. The topological polar surface area (TPSA) is 39.1 Å². The molecule has 1 saturated heterocycles. The van der Waals surface area contributed by atoms with Crippen LogP contribution in [0.1, 0.15) is 6.42 Å². The van der Waals surface area contributed by atoms with Crippen LogP contribution in [0.25, 0.3) is 0 Å². The highest BCUT2D eigenvalue weighted by atomic mass is 15.3. The maximum atomic E-state index is 8.84. The number of hydrogen-bond donors (Lipinski definition) is 1. The summed E-state index contributed by atoms with van der Waals surface area (Å²) in [6.07, 6.45) is 7.03. The van der Waals surface area contributed by atoms with E-state index in [0.29, 0.717) is 0 Å². The zero-order valence-electron chi connectivity index (χ0n) is 8.74. The molecule has 0 spiro atoms. The van der Waals surface area contributed by atoms with Crippen LogP contribution in [0.15, 0.2) is 36.2 Å². The molecule has 0 bridgehead atoms. The standard InChI is InChI=1S/C12H15N3/c1-2-10-3-5-14-12(7-10)15-6-4-11(8-13)9-15/h2-3,7,11,14H,1,4-6,9H2. The van der Waals surface area contributed by atoms with E-state index in [4.69, 9.17) is 5.26 Å². The fourth-order valence-electron chi connectivity index (χ4n) is 1.97. The van der Waals surface area contributed by atoms with Crippen LogP contribution in [0.5, 0.6) is 0 Å². The number of hydrogen-bond acceptors (Lipinski definition) is 3. The summed E-state index contributed by atoms with van der Waals surface area (Å²) >= 11 is 0. The molecular formula is C12H15N3. The molecule has 2 aliphatic heterocycles. The van der Waals surface area contributed by atoms with Crippen LogP contribution in [0, 0.1) is 17.2 Å². The molecule has 1 atom stereocenters. The van der Waals surface area contributed by atoms with Crippen molar-refractivity contribution in [2.45, 2.75) is 6.42 Å². The van der Waals surface area contributed by atoms with Crippen LogP contribution < -0.4 is 5.32 Å². The Bertz CT molecular complexity index is 360. The third-order valence-electron chi connectivity index (χ3n) is 2.87. The van der Waals surface area contributed by atoms with Crippen molar-refractivity contribution in [1.29, 1.82) is 5.26 Å². The van der Waals surface area contributed by atoms with Crippen molar-refractivity contribution < 1.29 is 0 Å². The maximum absolute atomic E-state index is 8.84. The van der Waals surface area contributed by atoms with Crippen molar-refractivity contribution in [2.24, 2.45) is 5.92 Å². The van der Waals surface area contributed by atoms with Crippen molar-refractivity contribution >= 4 is 0 Å². The first-order valence-electron chi connectivity index (χ1n) is 5.26. The summed E-state index contributed by atoms with van der Waals surface area (Å²) in [4.78, 5) is 2.24. The third kappa shape index (κ3) is 2.04. The van der Waals surface area contributed by atoms with Gasteiger partial charge in [0.1, 0.15) is 5.82 Å². The van der Waals surface area contributed by atoms with Gasteiger partial charge >= 0.3 is 0 Å². The van der Waals surface area contributed by atoms with E-state index in [0.717, 1.165) is 37.4 Å². The Morgan fingerprint density at radius 1 is 1.67 bits per heavy atom. The predicted molar refractivity (Wildman–Crippen MR) is 59.7 cm³/mol. The first kappa shape index (κ1) is 9.85. The first-order valence-corrected chi connectivity index (χ1v) is 5.26. The molecular weight excluding hydrogens is 186 g/mol. The van der Waals surface area contributed by atoms with Gasteiger partial charge in [0.15, 0.2) is 0 Å². The summed E-state index contributed by atoms with van der Waals surface area (Å²) in [6.45, 7) is 6.43. The van der Waals surface area contributed by atoms with Gasteiger partial charge in [-0.3, -0.25) is 0 Å². The summed E-state index contributed by atoms with van der Waals surface area (Å²) in [5.74, 6) is 1.32. The molecule has 3 nitrogen and oxygen atoms in total. The minimum absolute atomic E-state index is 0.186. The molecule has 2 rings (SSSR count). The van der Waals surface area contributed by atoms with Crippen LogP contribution in [0.3, 0.4) is 0 Å². The molecule has 0 amide bonds. The van der Waals surface area contributed by atoms with Crippen molar-refractivity contribution in [2.75, 3.05) is 19.6 Å². The quantitative estimate of drug-likeness (QED) is 0.733. The van der Waals surface area contributed by atoms with E-state index in [9.17, 15) is 0 Å². The van der Waals surface area contributed by atoms with E-state index in [2.05, 4.69) is 35.0 Å². The number of nitrogens with one attached hydrogen (secondary N) is 1. The lowest BCUT2D eigenvalue weighted by Gasteiger charge is -2.25. The van der Waals surface area contributed by atoms with Gasteiger partial charge in [0.2, 0.25) is 0 Å². The van der Waals surface area contributed by atoms with E-state index >= 15 is 0 Å². The smallest absolute Gasteiger partial charge is 0.102 e. The number of nitriles is 1. The maximum Gasteiger partial charge on any atom is 0.102 e. The lowest BCUT2D eigenvalue weighted by Crippen LogP contribution is -2.32. The Kier molecular flexibility index (Phi) is 2.77. The van der Waals surface area contributed by atoms with Crippen molar-refractivity contribution in [3.63, 3.8) is 0 Å². The van der Waals surface area contributed by atoms with Crippen LogP contribution in [-0.2, 0) is 0 Å². The third-order valence-corrected chi connectivity index (χ3v) is 2.87. The van der Waals surface area contributed by atoms with Gasteiger partial charge in [-0.25, -0.2) is 0 Å². The van der Waals surface area contributed by atoms with E-state index in [1.165, 1.54) is 0 Å². The number of nitrogens with zero attached hydrogens (tertiary/aromatic N) is 2. The molecule has 1 N–H and O–H groups in total. The highest BCUT2D eigenvalue weighted by Crippen LogP contribution is 2.20. The monoisotopic (exact) mass is 201 g/mol. The van der Waals surface area contributed by atoms with Crippen LogP contribution in [-0.4, -0.2) is 24.5 Å². The summed E-state index contributed by atoms with van der Waals surface area (Å²) in [7, 11) is 0. The molecule has 2 heterocycles. The van der Waals surface area contributed by atoms with Gasteiger partial charge in [-0.1, -0.05) is 18.7 Å². The zero-order valence-corrected chi connectivity index (χ0v) is 8.74. The fourth-order valence-corrected chi connectivity index (χ4v) is 1.97. The van der Waals surface area contributed by atoms with Gasteiger partial charge in [0.05, 0.1) is 12.0 Å². The number of rotatable bonds is 2. The molecule has 1 fully saturated rings. The highest BCUT2D eigenvalue weighted by molar-refractivity contribution is 5.34. The molecule has 1 unspecified atom stereocenters. The molecule has 0 aliphatic carbocycles. The van der Waals surface area contributed by atoms with E-state index in [-0.39, 0.29) is 5.92 Å². The number of likely N-dealkylation sites (tertiary alicyclic amines) is 1. The molecule has 2 aliphatic rings. The summed E-state index contributed by atoms with van der Waals surface area (Å²) in [6, 6.07) is 2.33. The minimum Gasteiger partial charge on any atom is -0.368 e. The van der Waals surface area contributed by atoms with E-state index in [1.807, 2.05) is 6.08 Å². The average molecular weight is 201 g/mol. The Hall–Kier alpha value is -1.69. The Morgan fingerprint density at radius 3 is 3.20 bits per heavy atom. The molecule has 15 heavy (non-hydrogen) atoms. The fraction of sp³-hybridized carbons (Fsp3) is 0.417. The molecule has 0 radical (unpaired) electrons. The summed E-state index contributed by atoms with van der Waals surface area (Å²) < 4.78 is 0. The lowest BCUT2D eigenvalue weighted by atomic mass is 10.1. The van der Waals surface area contributed by atoms with Crippen molar-refractivity contribution in [1.82, 2.24) is 10.2 Å². The molecule has 0 saturated carbocycles. The second-order valence-corrected chi connectivity index (χ2v) is 3.88. The van der Waals surface area contributed by atoms with Gasteiger partial charge in [-0.05, 0) is 18.1 Å². The van der Waals surface area contributed by atoms with Gasteiger partial charge < -0.3 is 10.2 Å². The van der Waals surface area contributed by atoms with Gasteiger partial charge in [0, 0.05) is 19.6 Å². The Labute approximate surface area is 90.4 Å². The van der Waals surface area contributed by atoms with Crippen LogP contribution in [0.4, 0.5) is 0 Å². The molecule has 0 aromatic heterocycles. The molecule has 3 heteroatoms. The van der Waals surface area contributed by atoms with E-state index in [1.54, 1.807) is 0 Å². The predicted octanol–water partition coefficient (Wildman–Crippen LogP) is 1.39. The number of dihydropyridines is 1. The number of allylic oxidation sites excluding steroid dienone is 3. The van der Waals surface area contributed by atoms with Crippen molar-refractivity contribution in [3.8, 4) is 6.07 Å². The van der Waals surface area contributed by atoms with Crippen LogP contribution in [0.2, 0.25) is 0 Å². The normalized spacial score (nSPS) is 25.0. The Morgan fingerprint density at radius 2 is 2.53 bits per heavy atom. The van der Waals surface area contributed by atoms with E-state index < -0.39 is 0 Å². The second-order valence-electron chi connectivity index (χ2n) is 3.88. The average Bonchev–Trinajstić information content (AvgIpc) is 2.78. The molecule has 78 valence electrons. The SMILES string of the molecule is C=CC1=CCNC(N2CCC(C#N)C2)=C1. The lowest BCUT2D eigenvalue weighted by molar-refractivity contribution is 0.386. The zero-order chi connectivity index (χ0) is 10.7.